The average molecular weight is 251 g/mol. The van der Waals surface area contributed by atoms with Gasteiger partial charge in [-0.15, -0.1) is 0 Å². The van der Waals surface area contributed by atoms with Crippen molar-refractivity contribution in [3.05, 3.63) is 0 Å². The van der Waals surface area contributed by atoms with Crippen molar-refractivity contribution in [1.82, 2.24) is 4.31 Å². The Morgan fingerprint density at radius 3 is 2.31 bits per heavy atom. The van der Waals surface area contributed by atoms with Gasteiger partial charge in [-0.3, -0.25) is 9.59 Å². The van der Waals surface area contributed by atoms with Gasteiger partial charge in [-0.25, -0.2) is 8.42 Å². The first-order chi connectivity index (χ1) is 7.34. The number of carboxylic acids is 2. The van der Waals surface area contributed by atoms with Crippen LogP contribution >= 0.6 is 0 Å². The van der Waals surface area contributed by atoms with Gasteiger partial charge in [-0.05, 0) is 12.8 Å². The highest BCUT2D eigenvalue weighted by Gasteiger charge is 2.37. The Bertz CT molecular complexity index is 389. The van der Waals surface area contributed by atoms with Crippen molar-refractivity contribution in [1.29, 1.82) is 0 Å². The Morgan fingerprint density at radius 1 is 1.25 bits per heavy atom. The molecular formula is C8H13NO6S. The lowest BCUT2D eigenvalue weighted by Gasteiger charge is -2.30. The Kier molecular flexibility index (Phi) is 3.87. The summed E-state index contributed by atoms with van der Waals surface area (Å²) < 4.78 is 23.9. The first kappa shape index (κ1) is 12.9. The fraction of sp³-hybridized carbons (Fsp3) is 0.750. The molecule has 0 aromatic carbocycles. The quantitative estimate of drug-likeness (QED) is 0.686. The molecule has 0 aromatic heterocycles. The predicted octanol–water partition coefficient (Wildman–Crippen LogP) is -0.660. The van der Waals surface area contributed by atoms with Gasteiger partial charge >= 0.3 is 11.9 Å². The Balaban J connectivity index is 2.92. The Hall–Kier alpha value is -1.15. The minimum absolute atomic E-state index is 0.0760. The zero-order valence-electron chi connectivity index (χ0n) is 8.50. The van der Waals surface area contributed by atoms with Gasteiger partial charge < -0.3 is 10.2 Å². The molecule has 1 saturated heterocycles. The lowest BCUT2D eigenvalue weighted by molar-refractivity contribution is -0.148. The highest BCUT2D eigenvalue weighted by atomic mass is 32.2. The summed E-state index contributed by atoms with van der Waals surface area (Å²) >= 11 is 0. The van der Waals surface area contributed by atoms with Crippen LogP contribution in [0.15, 0.2) is 0 Å². The van der Waals surface area contributed by atoms with Gasteiger partial charge in [0, 0.05) is 6.54 Å². The van der Waals surface area contributed by atoms with E-state index in [0.29, 0.717) is 12.8 Å². The van der Waals surface area contributed by atoms with Crippen LogP contribution in [0.4, 0.5) is 0 Å². The SMILES string of the molecule is O=C(O)CC(C(=O)O)N1CCCCS1(=O)=O. The van der Waals surface area contributed by atoms with E-state index in [-0.39, 0.29) is 12.3 Å². The van der Waals surface area contributed by atoms with Crippen molar-refractivity contribution >= 4 is 22.0 Å². The minimum Gasteiger partial charge on any atom is -0.481 e. The van der Waals surface area contributed by atoms with Crippen LogP contribution in [0.5, 0.6) is 0 Å². The lowest BCUT2D eigenvalue weighted by atomic mass is 10.2. The third-order valence-corrected chi connectivity index (χ3v) is 4.34. The molecule has 0 bridgehead atoms. The maximum absolute atomic E-state index is 11.6. The van der Waals surface area contributed by atoms with Crippen LogP contribution in [0.25, 0.3) is 0 Å². The molecule has 1 fully saturated rings. The molecule has 1 rings (SSSR count). The van der Waals surface area contributed by atoms with Gasteiger partial charge in [0.15, 0.2) is 0 Å². The van der Waals surface area contributed by atoms with Gasteiger partial charge in [0.2, 0.25) is 10.0 Å². The molecule has 0 aromatic rings. The molecular weight excluding hydrogens is 238 g/mol. The van der Waals surface area contributed by atoms with Crippen molar-refractivity contribution in [2.24, 2.45) is 0 Å². The van der Waals surface area contributed by atoms with Crippen LogP contribution in [-0.4, -0.2) is 53.2 Å². The van der Waals surface area contributed by atoms with E-state index in [0.717, 1.165) is 4.31 Å². The van der Waals surface area contributed by atoms with E-state index in [1.165, 1.54) is 0 Å². The maximum atomic E-state index is 11.6. The maximum Gasteiger partial charge on any atom is 0.322 e. The third kappa shape index (κ3) is 2.92. The number of nitrogens with zero attached hydrogens (tertiary/aromatic N) is 1. The zero-order valence-corrected chi connectivity index (χ0v) is 9.31. The molecule has 2 N–H and O–H groups in total. The van der Waals surface area contributed by atoms with E-state index in [4.69, 9.17) is 10.2 Å². The number of hydrogen-bond donors (Lipinski definition) is 2. The fourth-order valence-corrected chi connectivity index (χ4v) is 3.40. The number of hydrogen-bond acceptors (Lipinski definition) is 4. The normalized spacial score (nSPS) is 22.5. The highest BCUT2D eigenvalue weighted by Crippen LogP contribution is 2.19. The molecule has 8 heteroatoms. The molecule has 92 valence electrons. The molecule has 0 amide bonds. The summed E-state index contributed by atoms with van der Waals surface area (Å²) in [6.45, 7) is 0.0760. The average Bonchev–Trinajstić information content (AvgIpc) is 2.13. The first-order valence-electron chi connectivity index (χ1n) is 4.78. The summed E-state index contributed by atoms with van der Waals surface area (Å²) in [5, 5.41) is 17.4. The molecule has 1 aliphatic heterocycles. The van der Waals surface area contributed by atoms with E-state index in [1.807, 2.05) is 0 Å². The molecule has 0 spiro atoms. The second-order valence-electron chi connectivity index (χ2n) is 3.59. The van der Waals surface area contributed by atoms with Gasteiger partial charge in [0.25, 0.3) is 0 Å². The van der Waals surface area contributed by atoms with Crippen molar-refractivity contribution in [2.75, 3.05) is 12.3 Å². The molecule has 0 radical (unpaired) electrons. The zero-order chi connectivity index (χ0) is 12.3. The summed E-state index contributed by atoms with van der Waals surface area (Å²) in [7, 11) is -3.62. The van der Waals surface area contributed by atoms with E-state index >= 15 is 0 Å². The summed E-state index contributed by atoms with van der Waals surface area (Å²) in [6.07, 6.45) is 0.329. The second kappa shape index (κ2) is 4.79. The van der Waals surface area contributed by atoms with Crippen LogP contribution in [0.2, 0.25) is 0 Å². The van der Waals surface area contributed by atoms with Crippen LogP contribution in [0.3, 0.4) is 0 Å². The van der Waals surface area contributed by atoms with Gasteiger partial charge in [-0.1, -0.05) is 0 Å². The molecule has 1 unspecified atom stereocenters. The number of carboxylic acid groups (broad SMARTS) is 2. The van der Waals surface area contributed by atoms with E-state index in [1.54, 1.807) is 0 Å². The Labute approximate surface area is 92.7 Å². The molecule has 16 heavy (non-hydrogen) atoms. The van der Waals surface area contributed by atoms with Gasteiger partial charge in [-0.2, -0.15) is 4.31 Å². The Morgan fingerprint density at radius 2 is 1.88 bits per heavy atom. The third-order valence-electron chi connectivity index (χ3n) is 2.39. The van der Waals surface area contributed by atoms with Crippen molar-refractivity contribution in [3.8, 4) is 0 Å². The van der Waals surface area contributed by atoms with Crippen molar-refractivity contribution in [2.45, 2.75) is 25.3 Å². The standard InChI is InChI=1S/C8H13NO6S/c10-7(11)5-6(8(12)13)9-3-1-2-4-16(9,14)15/h6H,1-5H2,(H,10,11)(H,12,13). The largest absolute Gasteiger partial charge is 0.481 e. The summed E-state index contributed by atoms with van der Waals surface area (Å²) in [4.78, 5) is 21.3. The summed E-state index contributed by atoms with van der Waals surface area (Å²) in [6, 6.07) is -1.50. The fourth-order valence-electron chi connectivity index (χ4n) is 1.64. The minimum atomic E-state index is -3.62. The van der Waals surface area contributed by atoms with Crippen LogP contribution < -0.4 is 0 Å². The smallest absolute Gasteiger partial charge is 0.322 e. The van der Waals surface area contributed by atoms with Gasteiger partial charge in [0.1, 0.15) is 6.04 Å². The topological polar surface area (TPSA) is 112 Å². The van der Waals surface area contributed by atoms with E-state index in [9.17, 15) is 18.0 Å². The summed E-state index contributed by atoms with van der Waals surface area (Å²) in [5.41, 5.74) is 0. The molecule has 0 saturated carbocycles. The van der Waals surface area contributed by atoms with E-state index in [2.05, 4.69) is 0 Å². The summed E-state index contributed by atoms with van der Waals surface area (Å²) in [5.74, 6) is -2.86. The number of carbonyl (C=O) groups is 2. The molecule has 1 aliphatic rings. The first-order valence-corrected chi connectivity index (χ1v) is 6.39. The van der Waals surface area contributed by atoms with Crippen molar-refractivity contribution in [3.63, 3.8) is 0 Å². The van der Waals surface area contributed by atoms with Crippen LogP contribution in [-0.2, 0) is 19.6 Å². The number of sulfonamides is 1. The second-order valence-corrected chi connectivity index (χ2v) is 5.63. The molecule has 0 aliphatic carbocycles. The van der Waals surface area contributed by atoms with Gasteiger partial charge in [0.05, 0.1) is 12.2 Å². The number of rotatable bonds is 4. The molecule has 1 heterocycles. The molecule has 1 atom stereocenters. The van der Waals surface area contributed by atoms with Crippen LogP contribution in [0, 0.1) is 0 Å². The predicted molar refractivity (Wildman–Crippen MR) is 53.4 cm³/mol. The number of aliphatic carboxylic acids is 2. The van der Waals surface area contributed by atoms with Crippen LogP contribution in [0.1, 0.15) is 19.3 Å². The molecule has 7 nitrogen and oxygen atoms in total. The highest BCUT2D eigenvalue weighted by molar-refractivity contribution is 7.89. The van der Waals surface area contributed by atoms with E-state index < -0.39 is 34.4 Å². The van der Waals surface area contributed by atoms with Crippen molar-refractivity contribution < 1.29 is 28.2 Å². The lowest BCUT2D eigenvalue weighted by Crippen LogP contribution is -2.49. The monoisotopic (exact) mass is 251 g/mol.